The van der Waals surface area contributed by atoms with Gasteiger partial charge in [-0.2, -0.15) is 0 Å². The molecule has 0 saturated carbocycles. The number of carbonyl (C=O) groups excluding carboxylic acids is 1. The summed E-state index contributed by atoms with van der Waals surface area (Å²) < 4.78 is 0.776. The van der Waals surface area contributed by atoms with E-state index in [1.165, 1.54) is 0 Å². The van der Waals surface area contributed by atoms with E-state index >= 15 is 0 Å². The number of halogens is 2. The van der Waals surface area contributed by atoms with E-state index in [4.69, 9.17) is 11.6 Å². The van der Waals surface area contributed by atoms with E-state index in [9.17, 15) is 9.90 Å². The van der Waals surface area contributed by atoms with Gasteiger partial charge in [0.25, 0.3) is 5.91 Å². The molecule has 1 unspecified atom stereocenters. The van der Waals surface area contributed by atoms with Crippen molar-refractivity contribution in [1.29, 1.82) is 0 Å². The van der Waals surface area contributed by atoms with Gasteiger partial charge in [-0.3, -0.25) is 4.79 Å². The Morgan fingerprint density at radius 3 is 2.94 bits per heavy atom. The lowest BCUT2D eigenvalue weighted by Gasteiger charge is -2.34. The molecular weight excluding hydrogens is 318 g/mol. The van der Waals surface area contributed by atoms with E-state index in [1.807, 2.05) is 0 Å². The van der Waals surface area contributed by atoms with Gasteiger partial charge < -0.3 is 10.0 Å². The Bertz CT molecular complexity index is 453. The molecule has 2 rings (SSSR count). The van der Waals surface area contributed by atoms with E-state index in [1.54, 1.807) is 23.1 Å². The Morgan fingerprint density at radius 2 is 2.28 bits per heavy atom. The van der Waals surface area contributed by atoms with E-state index in [2.05, 4.69) is 15.9 Å². The molecule has 5 heteroatoms. The van der Waals surface area contributed by atoms with Gasteiger partial charge in [-0.15, -0.1) is 0 Å². The number of aliphatic hydroxyl groups excluding tert-OH is 1. The highest BCUT2D eigenvalue weighted by Crippen LogP contribution is 2.25. The van der Waals surface area contributed by atoms with Gasteiger partial charge in [0, 0.05) is 16.6 Å². The fourth-order valence-electron chi connectivity index (χ4n) is 2.25. The second-order valence-corrected chi connectivity index (χ2v) is 5.72. The summed E-state index contributed by atoms with van der Waals surface area (Å²) in [6.07, 6.45) is 2.93. The lowest BCUT2D eigenvalue weighted by Crippen LogP contribution is -2.45. The molecule has 1 atom stereocenters. The van der Waals surface area contributed by atoms with Crippen molar-refractivity contribution in [2.45, 2.75) is 25.3 Å². The van der Waals surface area contributed by atoms with Crippen LogP contribution in [0.4, 0.5) is 0 Å². The summed E-state index contributed by atoms with van der Waals surface area (Å²) >= 11 is 9.30. The third-order valence-corrected chi connectivity index (χ3v) is 4.50. The third-order valence-electron chi connectivity index (χ3n) is 3.27. The van der Waals surface area contributed by atoms with Crippen molar-refractivity contribution in [3.63, 3.8) is 0 Å². The van der Waals surface area contributed by atoms with Gasteiger partial charge in [0.2, 0.25) is 0 Å². The van der Waals surface area contributed by atoms with Crippen LogP contribution in [0.3, 0.4) is 0 Å². The minimum Gasteiger partial charge on any atom is -0.394 e. The van der Waals surface area contributed by atoms with Crippen LogP contribution < -0.4 is 0 Å². The van der Waals surface area contributed by atoms with E-state index < -0.39 is 0 Å². The molecule has 1 fully saturated rings. The predicted molar refractivity (Wildman–Crippen MR) is 74.9 cm³/mol. The molecule has 0 radical (unpaired) electrons. The fraction of sp³-hybridized carbons (Fsp3) is 0.462. The van der Waals surface area contributed by atoms with E-state index in [0.29, 0.717) is 17.1 Å². The molecule has 1 amide bonds. The van der Waals surface area contributed by atoms with Gasteiger partial charge in [-0.25, -0.2) is 0 Å². The third kappa shape index (κ3) is 2.87. The zero-order valence-corrected chi connectivity index (χ0v) is 12.2. The number of piperidine rings is 1. The maximum Gasteiger partial charge on any atom is 0.254 e. The average Bonchev–Trinajstić information content (AvgIpc) is 2.41. The number of rotatable bonds is 2. The molecule has 18 heavy (non-hydrogen) atoms. The first-order chi connectivity index (χ1) is 8.63. The Hall–Kier alpha value is -0.580. The summed E-state index contributed by atoms with van der Waals surface area (Å²) in [5.41, 5.74) is 0.573. The first-order valence-electron chi connectivity index (χ1n) is 6.00. The Labute approximate surface area is 120 Å². The molecule has 1 saturated heterocycles. The lowest BCUT2D eigenvalue weighted by molar-refractivity contribution is 0.0503. The van der Waals surface area contributed by atoms with Crippen LogP contribution in [0.1, 0.15) is 29.6 Å². The summed E-state index contributed by atoms with van der Waals surface area (Å²) in [6.45, 7) is 0.730. The van der Waals surface area contributed by atoms with Gasteiger partial charge in [-0.1, -0.05) is 11.6 Å². The second-order valence-electron chi connectivity index (χ2n) is 4.46. The van der Waals surface area contributed by atoms with Crippen molar-refractivity contribution in [2.24, 2.45) is 0 Å². The highest BCUT2D eigenvalue weighted by molar-refractivity contribution is 9.10. The lowest BCUT2D eigenvalue weighted by atomic mass is 10.0. The van der Waals surface area contributed by atoms with Crippen molar-refractivity contribution >= 4 is 33.4 Å². The monoisotopic (exact) mass is 331 g/mol. The molecule has 0 bridgehead atoms. The molecule has 0 aromatic heterocycles. The first kappa shape index (κ1) is 13.8. The van der Waals surface area contributed by atoms with Gasteiger partial charge in [0.15, 0.2) is 0 Å². The van der Waals surface area contributed by atoms with Crippen molar-refractivity contribution in [2.75, 3.05) is 13.2 Å². The smallest absolute Gasteiger partial charge is 0.254 e. The number of carbonyl (C=O) groups is 1. The van der Waals surface area contributed by atoms with Crippen molar-refractivity contribution < 1.29 is 9.90 Å². The fourth-order valence-corrected chi connectivity index (χ4v) is 2.68. The number of nitrogens with zero attached hydrogens (tertiary/aromatic N) is 1. The minimum atomic E-state index is -0.0614. The predicted octanol–water partition coefficient (Wildman–Crippen LogP) is 3.09. The summed E-state index contributed by atoms with van der Waals surface area (Å²) in [5, 5.41) is 9.85. The van der Waals surface area contributed by atoms with Gasteiger partial charge in [0.05, 0.1) is 17.7 Å². The molecule has 1 aromatic rings. The summed E-state index contributed by atoms with van der Waals surface area (Å²) in [7, 11) is 0. The number of amides is 1. The number of benzene rings is 1. The van der Waals surface area contributed by atoms with Crippen LogP contribution in [0.2, 0.25) is 5.02 Å². The highest BCUT2D eigenvalue weighted by atomic mass is 79.9. The van der Waals surface area contributed by atoms with E-state index in [0.717, 1.165) is 23.7 Å². The van der Waals surface area contributed by atoms with Gasteiger partial charge in [-0.05, 0) is 53.4 Å². The minimum absolute atomic E-state index is 0.0238. The molecule has 3 nitrogen and oxygen atoms in total. The Morgan fingerprint density at radius 1 is 1.50 bits per heavy atom. The number of likely N-dealkylation sites (tertiary alicyclic amines) is 1. The van der Waals surface area contributed by atoms with Crippen LogP contribution in [-0.4, -0.2) is 35.1 Å². The summed E-state index contributed by atoms with van der Waals surface area (Å²) in [6, 6.07) is 5.12. The Balaban J connectivity index is 2.21. The molecule has 1 aromatic carbocycles. The van der Waals surface area contributed by atoms with Crippen LogP contribution in [0, 0.1) is 0 Å². The molecule has 1 aliphatic rings. The SMILES string of the molecule is O=C(c1ccc(Br)c(Cl)c1)N1CCCCC1CO. The molecule has 1 heterocycles. The van der Waals surface area contributed by atoms with Crippen LogP contribution >= 0.6 is 27.5 Å². The van der Waals surface area contributed by atoms with Crippen molar-refractivity contribution in [3.8, 4) is 0 Å². The number of hydrogen-bond donors (Lipinski definition) is 1. The summed E-state index contributed by atoms with van der Waals surface area (Å²) in [5.74, 6) is -0.0526. The van der Waals surface area contributed by atoms with Gasteiger partial charge >= 0.3 is 0 Å². The van der Waals surface area contributed by atoms with E-state index in [-0.39, 0.29) is 18.6 Å². The largest absolute Gasteiger partial charge is 0.394 e. The molecule has 98 valence electrons. The normalized spacial score (nSPS) is 19.9. The van der Waals surface area contributed by atoms with Crippen LogP contribution in [0.25, 0.3) is 0 Å². The zero-order chi connectivity index (χ0) is 13.1. The van der Waals surface area contributed by atoms with Gasteiger partial charge in [0.1, 0.15) is 0 Å². The molecular formula is C13H15BrClNO2. The van der Waals surface area contributed by atoms with Crippen LogP contribution in [0.15, 0.2) is 22.7 Å². The molecule has 1 N–H and O–H groups in total. The van der Waals surface area contributed by atoms with Crippen molar-refractivity contribution in [1.82, 2.24) is 4.90 Å². The maximum absolute atomic E-state index is 12.4. The molecule has 0 aliphatic carbocycles. The summed E-state index contributed by atoms with van der Waals surface area (Å²) in [4.78, 5) is 14.1. The number of aliphatic hydroxyl groups is 1. The molecule has 0 spiro atoms. The van der Waals surface area contributed by atoms with Crippen LogP contribution in [-0.2, 0) is 0 Å². The Kier molecular flexibility index (Phi) is 4.65. The maximum atomic E-state index is 12.4. The second kappa shape index (κ2) is 6.04. The standard InChI is InChI=1S/C13H15BrClNO2/c14-11-5-4-9(7-12(11)15)13(18)16-6-2-1-3-10(16)8-17/h4-5,7,10,17H,1-3,6,8H2. The topological polar surface area (TPSA) is 40.5 Å². The van der Waals surface area contributed by atoms with Crippen molar-refractivity contribution in [3.05, 3.63) is 33.3 Å². The zero-order valence-electron chi connectivity index (χ0n) is 9.90. The average molecular weight is 333 g/mol. The highest BCUT2D eigenvalue weighted by Gasteiger charge is 2.26. The quantitative estimate of drug-likeness (QED) is 0.904. The number of hydrogen-bond acceptors (Lipinski definition) is 2. The van der Waals surface area contributed by atoms with Crippen LogP contribution in [0.5, 0.6) is 0 Å². The molecule has 1 aliphatic heterocycles. The first-order valence-corrected chi connectivity index (χ1v) is 7.17.